The maximum absolute atomic E-state index is 12.8. The van der Waals surface area contributed by atoms with Gasteiger partial charge in [-0.25, -0.2) is 9.59 Å². The van der Waals surface area contributed by atoms with Gasteiger partial charge in [-0.3, -0.25) is 19.3 Å². The van der Waals surface area contributed by atoms with E-state index in [2.05, 4.69) is 21.3 Å². The monoisotopic (exact) mass is 495 g/mol. The third-order valence-corrected chi connectivity index (χ3v) is 5.37. The first-order valence-corrected chi connectivity index (χ1v) is 11.5. The first-order chi connectivity index (χ1) is 17.2. The number of imide groups is 1. The molecule has 3 rings (SSSR count). The fourth-order valence-corrected chi connectivity index (χ4v) is 3.40. The number of alkyl carbamates (subject to hydrolysis) is 1. The second-order valence-corrected chi connectivity index (χ2v) is 8.50. The average molecular weight is 496 g/mol. The number of benzene rings is 2. The highest BCUT2D eigenvalue weighted by molar-refractivity contribution is 6.02. The Bertz CT molecular complexity index is 1090. The Hall–Kier alpha value is -4.41. The normalized spacial score (nSPS) is 13.7. The van der Waals surface area contributed by atoms with Crippen LogP contribution >= 0.6 is 0 Å². The molecule has 0 unspecified atom stereocenters. The molecule has 2 aromatic rings. The number of nitrogens with one attached hydrogen (secondary N) is 4. The highest BCUT2D eigenvalue weighted by Gasteiger charge is 2.28. The zero-order chi connectivity index (χ0) is 26.1. The third-order valence-electron chi connectivity index (χ3n) is 5.37. The van der Waals surface area contributed by atoms with Gasteiger partial charge in [0.15, 0.2) is 0 Å². The molecule has 6 amide bonds. The summed E-state index contributed by atoms with van der Waals surface area (Å²) in [5, 5.41) is 10.4. The fourth-order valence-electron chi connectivity index (χ4n) is 3.40. The van der Waals surface area contributed by atoms with Gasteiger partial charge < -0.3 is 26.0 Å². The molecule has 11 nitrogen and oxygen atoms in total. The van der Waals surface area contributed by atoms with E-state index in [9.17, 15) is 24.0 Å². The van der Waals surface area contributed by atoms with Gasteiger partial charge >= 0.3 is 12.1 Å². The summed E-state index contributed by atoms with van der Waals surface area (Å²) >= 11 is 0. The molecule has 1 saturated heterocycles. The molecule has 0 spiro atoms. The summed E-state index contributed by atoms with van der Waals surface area (Å²) in [4.78, 5) is 61.2. The third kappa shape index (κ3) is 7.55. The standard InChI is InChI=1S/C25H29N5O6/c1-16(2)22(29-25(35)36-15-17-6-4-3-5-7-17)23(33)28-19-10-8-18(9-11-19)27-20(31)12-13-30-21(32)14-26-24(30)34/h3-11,16,22H,12-15H2,1-2H3,(H,26,34)(H,27,31)(H,28,33)(H,29,35)/t22-/m0/s1. The second kappa shape index (κ2) is 12.3. The summed E-state index contributed by atoms with van der Waals surface area (Å²) in [6.07, 6.45) is -0.737. The molecular weight excluding hydrogens is 466 g/mol. The average Bonchev–Trinajstić information content (AvgIpc) is 3.18. The summed E-state index contributed by atoms with van der Waals surface area (Å²) in [5.74, 6) is -1.34. The van der Waals surface area contributed by atoms with Gasteiger partial charge in [-0.1, -0.05) is 44.2 Å². The lowest BCUT2D eigenvalue weighted by Crippen LogP contribution is -2.47. The van der Waals surface area contributed by atoms with E-state index in [4.69, 9.17) is 4.74 Å². The molecule has 0 aromatic heterocycles. The number of carbonyl (C=O) groups is 5. The Morgan fingerprint density at radius 3 is 2.19 bits per heavy atom. The van der Waals surface area contributed by atoms with Crippen molar-refractivity contribution in [3.63, 3.8) is 0 Å². The van der Waals surface area contributed by atoms with Crippen LogP contribution in [0.4, 0.5) is 21.0 Å². The number of hydrogen-bond donors (Lipinski definition) is 4. The Morgan fingerprint density at radius 2 is 1.61 bits per heavy atom. The van der Waals surface area contributed by atoms with Crippen molar-refractivity contribution in [2.75, 3.05) is 23.7 Å². The van der Waals surface area contributed by atoms with E-state index in [0.29, 0.717) is 11.4 Å². The van der Waals surface area contributed by atoms with Crippen LogP contribution in [0.5, 0.6) is 0 Å². The van der Waals surface area contributed by atoms with Crippen LogP contribution in [0, 0.1) is 5.92 Å². The zero-order valence-electron chi connectivity index (χ0n) is 20.1. The van der Waals surface area contributed by atoms with Gasteiger partial charge in [-0.2, -0.15) is 0 Å². The number of carbonyl (C=O) groups excluding carboxylic acids is 5. The Balaban J connectivity index is 1.47. The van der Waals surface area contributed by atoms with Crippen LogP contribution in [-0.4, -0.2) is 53.9 Å². The molecule has 11 heteroatoms. The first-order valence-electron chi connectivity index (χ1n) is 11.5. The molecule has 0 aliphatic carbocycles. The maximum Gasteiger partial charge on any atom is 0.408 e. The smallest absolute Gasteiger partial charge is 0.408 e. The van der Waals surface area contributed by atoms with Crippen LogP contribution in [-0.2, 0) is 25.7 Å². The minimum Gasteiger partial charge on any atom is -0.445 e. The minimum absolute atomic E-state index is 0.0119. The maximum atomic E-state index is 12.8. The van der Waals surface area contributed by atoms with Gasteiger partial charge in [0.1, 0.15) is 12.6 Å². The quantitative estimate of drug-likeness (QED) is 0.373. The lowest BCUT2D eigenvalue weighted by atomic mass is 10.0. The molecular formula is C25H29N5O6. The van der Waals surface area contributed by atoms with Crippen molar-refractivity contribution >= 4 is 41.2 Å². The largest absolute Gasteiger partial charge is 0.445 e. The van der Waals surface area contributed by atoms with Gasteiger partial charge in [-0.15, -0.1) is 0 Å². The number of hydrogen-bond acceptors (Lipinski definition) is 6. The summed E-state index contributed by atoms with van der Waals surface area (Å²) < 4.78 is 5.21. The molecule has 4 N–H and O–H groups in total. The van der Waals surface area contributed by atoms with Crippen LogP contribution in [0.2, 0.25) is 0 Å². The number of rotatable bonds is 10. The Morgan fingerprint density at radius 1 is 0.972 bits per heavy atom. The van der Waals surface area contributed by atoms with Crippen LogP contribution in [0.25, 0.3) is 0 Å². The fraction of sp³-hybridized carbons (Fsp3) is 0.320. The van der Waals surface area contributed by atoms with Crippen LogP contribution in [0.3, 0.4) is 0 Å². The van der Waals surface area contributed by atoms with E-state index in [1.165, 1.54) is 0 Å². The van der Waals surface area contributed by atoms with Gasteiger partial charge in [0, 0.05) is 24.3 Å². The molecule has 1 aliphatic rings. The molecule has 0 radical (unpaired) electrons. The molecule has 0 saturated carbocycles. The first kappa shape index (κ1) is 26.2. The van der Waals surface area contributed by atoms with E-state index >= 15 is 0 Å². The zero-order valence-corrected chi connectivity index (χ0v) is 20.1. The number of anilines is 2. The van der Waals surface area contributed by atoms with Gasteiger partial charge in [-0.05, 0) is 35.7 Å². The number of nitrogens with zero attached hydrogens (tertiary/aromatic N) is 1. The van der Waals surface area contributed by atoms with Gasteiger partial charge in [0.05, 0.1) is 6.54 Å². The molecule has 190 valence electrons. The van der Waals surface area contributed by atoms with Crippen molar-refractivity contribution in [3.8, 4) is 0 Å². The summed E-state index contributed by atoms with van der Waals surface area (Å²) in [6.45, 7) is 3.63. The van der Waals surface area contributed by atoms with E-state index < -0.39 is 24.1 Å². The predicted molar refractivity (Wildman–Crippen MR) is 132 cm³/mol. The second-order valence-electron chi connectivity index (χ2n) is 8.50. The Labute approximate surface area is 208 Å². The lowest BCUT2D eigenvalue weighted by molar-refractivity contribution is -0.125. The summed E-state index contributed by atoms with van der Waals surface area (Å²) in [6, 6.07) is 14.3. The lowest BCUT2D eigenvalue weighted by Gasteiger charge is -2.21. The highest BCUT2D eigenvalue weighted by Crippen LogP contribution is 2.15. The van der Waals surface area contributed by atoms with Gasteiger partial charge in [0.2, 0.25) is 17.7 Å². The van der Waals surface area contributed by atoms with Gasteiger partial charge in [0.25, 0.3) is 0 Å². The van der Waals surface area contributed by atoms with E-state index in [1.54, 1.807) is 38.1 Å². The minimum atomic E-state index is -0.821. The molecule has 1 atom stereocenters. The van der Waals surface area contributed by atoms with Crippen LogP contribution in [0.1, 0.15) is 25.8 Å². The Kier molecular flexibility index (Phi) is 8.98. The van der Waals surface area contributed by atoms with Crippen LogP contribution in [0.15, 0.2) is 54.6 Å². The molecule has 2 aromatic carbocycles. The van der Waals surface area contributed by atoms with Crippen molar-refractivity contribution in [2.24, 2.45) is 5.92 Å². The van der Waals surface area contributed by atoms with Crippen molar-refractivity contribution in [1.29, 1.82) is 0 Å². The summed E-state index contributed by atoms with van der Waals surface area (Å²) in [5.41, 5.74) is 1.79. The van der Waals surface area contributed by atoms with Crippen LogP contribution < -0.4 is 21.3 Å². The molecule has 1 fully saturated rings. The van der Waals surface area contributed by atoms with Crippen molar-refractivity contribution in [1.82, 2.24) is 15.5 Å². The number of amides is 6. The molecule has 0 bridgehead atoms. The van der Waals surface area contributed by atoms with E-state index in [-0.39, 0.29) is 43.8 Å². The van der Waals surface area contributed by atoms with Crippen molar-refractivity contribution in [2.45, 2.75) is 32.9 Å². The number of urea groups is 1. The van der Waals surface area contributed by atoms with Crippen molar-refractivity contribution < 1.29 is 28.7 Å². The molecule has 1 heterocycles. The summed E-state index contributed by atoms with van der Waals surface area (Å²) in [7, 11) is 0. The molecule has 1 aliphatic heterocycles. The van der Waals surface area contributed by atoms with E-state index in [1.807, 2.05) is 30.3 Å². The SMILES string of the molecule is CC(C)[C@H](NC(=O)OCc1ccccc1)C(=O)Nc1ccc(NC(=O)CCN2C(=O)CNC2=O)cc1. The topological polar surface area (TPSA) is 146 Å². The molecule has 36 heavy (non-hydrogen) atoms. The van der Waals surface area contributed by atoms with E-state index in [0.717, 1.165) is 10.5 Å². The van der Waals surface area contributed by atoms with Crippen molar-refractivity contribution in [3.05, 3.63) is 60.2 Å². The highest BCUT2D eigenvalue weighted by atomic mass is 16.5. The predicted octanol–water partition coefficient (Wildman–Crippen LogP) is 2.46. The number of ether oxygens (including phenoxy) is 1.